The first-order valence-corrected chi connectivity index (χ1v) is 5.64. The topological polar surface area (TPSA) is 9.23 Å². The minimum absolute atomic E-state index is 0.219. The van der Waals surface area contributed by atoms with Gasteiger partial charge in [-0.3, -0.25) is 0 Å². The molecule has 0 saturated carbocycles. The van der Waals surface area contributed by atoms with E-state index in [-0.39, 0.29) is 5.38 Å². The molecule has 0 fully saturated rings. The molecule has 0 spiro atoms. The first kappa shape index (κ1) is 12.3. The van der Waals surface area contributed by atoms with Crippen LogP contribution in [0.5, 0.6) is 5.75 Å². The van der Waals surface area contributed by atoms with Crippen LogP contribution in [0.15, 0.2) is 18.2 Å². The molecule has 1 atom stereocenters. The molecule has 5 heteroatoms. The molecule has 1 aromatic carbocycles. The standard InChI is InChI=1S/C9H8Cl4O/c10-4-7(12)5-14-9-2-1-6(11)3-8(9)13/h1-3,7H,4-5H2. The molecule has 0 amide bonds. The van der Waals surface area contributed by atoms with E-state index in [4.69, 9.17) is 51.1 Å². The number of halogens is 4. The molecular weight excluding hydrogens is 266 g/mol. The minimum Gasteiger partial charge on any atom is -0.490 e. The smallest absolute Gasteiger partial charge is 0.138 e. The second-order valence-electron chi connectivity index (χ2n) is 2.64. The Morgan fingerprint density at radius 2 is 2.00 bits per heavy atom. The third kappa shape index (κ3) is 3.74. The fourth-order valence-corrected chi connectivity index (χ4v) is 1.43. The molecule has 0 radical (unpaired) electrons. The van der Waals surface area contributed by atoms with E-state index in [2.05, 4.69) is 0 Å². The van der Waals surface area contributed by atoms with Crippen molar-refractivity contribution in [1.82, 2.24) is 0 Å². The van der Waals surface area contributed by atoms with Gasteiger partial charge in [0.15, 0.2) is 0 Å². The highest BCUT2D eigenvalue weighted by atomic mass is 35.5. The summed E-state index contributed by atoms with van der Waals surface area (Å²) in [6.45, 7) is 0.326. The molecule has 0 heterocycles. The van der Waals surface area contributed by atoms with Gasteiger partial charge in [0.1, 0.15) is 12.4 Å². The molecule has 0 N–H and O–H groups in total. The van der Waals surface area contributed by atoms with Gasteiger partial charge in [-0.25, -0.2) is 0 Å². The van der Waals surface area contributed by atoms with Crippen LogP contribution in [0.3, 0.4) is 0 Å². The van der Waals surface area contributed by atoms with E-state index in [1.54, 1.807) is 18.2 Å². The maximum Gasteiger partial charge on any atom is 0.138 e. The van der Waals surface area contributed by atoms with Crippen molar-refractivity contribution in [3.63, 3.8) is 0 Å². The van der Waals surface area contributed by atoms with Crippen molar-refractivity contribution in [3.05, 3.63) is 28.2 Å². The summed E-state index contributed by atoms with van der Waals surface area (Å²) in [6, 6.07) is 5.01. The van der Waals surface area contributed by atoms with Crippen LogP contribution >= 0.6 is 46.4 Å². The van der Waals surface area contributed by atoms with Crippen LogP contribution in [0.1, 0.15) is 0 Å². The van der Waals surface area contributed by atoms with Crippen molar-refractivity contribution < 1.29 is 4.74 Å². The molecule has 14 heavy (non-hydrogen) atoms. The fourth-order valence-electron chi connectivity index (χ4n) is 0.817. The van der Waals surface area contributed by atoms with Gasteiger partial charge < -0.3 is 4.74 Å². The molecule has 0 aliphatic rings. The van der Waals surface area contributed by atoms with Crippen molar-refractivity contribution in [2.75, 3.05) is 12.5 Å². The number of rotatable bonds is 4. The number of ether oxygens (including phenoxy) is 1. The molecule has 1 aromatic rings. The van der Waals surface area contributed by atoms with E-state index in [9.17, 15) is 0 Å². The molecular formula is C9H8Cl4O. The van der Waals surface area contributed by atoms with Gasteiger partial charge >= 0.3 is 0 Å². The lowest BCUT2D eigenvalue weighted by Gasteiger charge is -2.10. The molecule has 1 rings (SSSR count). The Morgan fingerprint density at radius 1 is 1.29 bits per heavy atom. The Hall–Kier alpha value is 0.180. The van der Waals surface area contributed by atoms with Gasteiger partial charge in [-0.15, -0.1) is 23.2 Å². The van der Waals surface area contributed by atoms with E-state index >= 15 is 0 Å². The second-order valence-corrected chi connectivity index (χ2v) is 4.41. The Kier molecular flexibility index (Phi) is 5.18. The van der Waals surface area contributed by atoms with Crippen LogP contribution in [-0.4, -0.2) is 17.9 Å². The van der Waals surface area contributed by atoms with Crippen LogP contribution in [0, 0.1) is 0 Å². The Balaban J connectivity index is 2.59. The maximum atomic E-state index is 5.87. The van der Waals surface area contributed by atoms with Gasteiger partial charge in [-0.05, 0) is 18.2 Å². The van der Waals surface area contributed by atoms with Crippen LogP contribution in [0.25, 0.3) is 0 Å². The highest BCUT2D eigenvalue weighted by molar-refractivity contribution is 6.35. The SMILES string of the molecule is ClCC(Cl)COc1ccc(Cl)cc1Cl. The summed E-state index contributed by atoms with van der Waals surface area (Å²) >= 11 is 22.9. The summed E-state index contributed by atoms with van der Waals surface area (Å²) < 4.78 is 5.34. The zero-order chi connectivity index (χ0) is 10.6. The maximum absolute atomic E-state index is 5.87. The summed E-state index contributed by atoms with van der Waals surface area (Å²) in [6.07, 6.45) is 0. The summed E-state index contributed by atoms with van der Waals surface area (Å²) in [4.78, 5) is 0. The van der Waals surface area contributed by atoms with Gasteiger partial charge in [0.2, 0.25) is 0 Å². The second kappa shape index (κ2) is 5.92. The number of hydrogen-bond acceptors (Lipinski definition) is 1. The van der Waals surface area contributed by atoms with Gasteiger partial charge in [0.25, 0.3) is 0 Å². The molecule has 1 unspecified atom stereocenters. The molecule has 0 aromatic heterocycles. The van der Waals surface area contributed by atoms with Crippen molar-refractivity contribution in [2.24, 2.45) is 0 Å². The van der Waals surface area contributed by atoms with Crippen molar-refractivity contribution in [3.8, 4) is 5.75 Å². The quantitative estimate of drug-likeness (QED) is 0.747. The summed E-state index contributed by atoms with van der Waals surface area (Å²) in [5.74, 6) is 0.902. The van der Waals surface area contributed by atoms with E-state index in [0.717, 1.165) is 0 Å². The van der Waals surface area contributed by atoms with E-state index in [0.29, 0.717) is 28.3 Å². The van der Waals surface area contributed by atoms with Crippen molar-refractivity contribution in [1.29, 1.82) is 0 Å². The van der Waals surface area contributed by atoms with E-state index in [1.807, 2.05) is 0 Å². The third-order valence-corrected chi connectivity index (χ3v) is 2.82. The van der Waals surface area contributed by atoms with Gasteiger partial charge in [0, 0.05) is 10.9 Å². The summed E-state index contributed by atoms with van der Waals surface area (Å²) in [5.41, 5.74) is 0. The average molecular weight is 274 g/mol. The van der Waals surface area contributed by atoms with E-state index in [1.165, 1.54) is 0 Å². The fraction of sp³-hybridized carbons (Fsp3) is 0.333. The summed E-state index contributed by atoms with van der Waals surface area (Å²) in [7, 11) is 0. The minimum atomic E-state index is -0.219. The monoisotopic (exact) mass is 272 g/mol. The third-order valence-electron chi connectivity index (χ3n) is 1.48. The number of hydrogen-bond donors (Lipinski definition) is 0. The predicted molar refractivity (Wildman–Crippen MR) is 62.3 cm³/mol. The first-order valence-electron chi connectivity index (χ1n) is 3.91. The lowest BCUT2D eigenvalue weighted by Crippen LogP contribution is -2.13. The van der Waals surface area contributed by atoms with E-state index < -0.39 is 0 Å². The Labute approximate surface area is 103 Å². The molecule has 0 bridgehead atoms. The molecule has 0 saturated heterocycles. The average Bonchev–Trinajstić information content (AvgIpc) is 2.16. The van der Waals surface area contributed by atoms with Crippen LogP contribution in [-0.2, 0) is 0 Å². The summed E-state index contributed by atoms with van der Waals surface area (Å²) in [5, 5.41) is 0.821. The Bertz CT molecular complexity index is 303. The zero-order valence-electron chi connectivity index (χ0n) is 7.14. The lowest BCUT2D eigenvalue weighted by molar-refractivity contribution is 0.321. The molecule has 0 aliphatic carbocycles. The molecule has 0 aliphatic heterocycles. The molecule has 1 nitrogen and oxygen atoms in total. The number of benzene rings is 1. The Morgan fingerprint density at radius 3 is 2.57 bits per heavy atom. The zero-order valence-corrected chi connectivity index (χ0v) is 10.2. The lowest BCUT2D eigenvalue weighted by atomic mass is 10.3. The van der Waals surface area contributed by atoms with Crippen LogP contribution < -0.4 is 4.74 Å². The number of alkyl halides is 2. The van der Waals surface area contributed by atoms with Gasteiger partial charge in [-0.2, -0.15) is 0 Å². The van der Waals surface area contributed by atoms with Crippen LogP contribution in [0.4, 0.5) is 0 Å². The van der Waals surface area contributed by atoms with Crippen molar-refractivity contribution >= 4 is 46.4 Å². The largest absolute Gasteiger partial charge is 0.490 e. The normalized spacial score (nSPS) is 12.6. The van der Waals surface area contributed by atoms with Crippen molar-refractivity contribution in [2.45, 2.75) is 5.38 Å². The first-order chi connectivity index (χ1) is 6.63. The highest BCUT2D eigenvalue weighted by Gasteiger charge is 2.06. The highest BCUT2D eigenvalue weighted by Crippen LogP contribution is 2.27. The van der Waals surface area contributed by atoms with Gasteiger partial charge in [-0.1, -0.05) is 23.2 Å². The molecule has 78 valence electrons. The van der Waals surface area contributed by atoms with Crippen LogP contribution in [0.2, 0.25) is 10.0 Å². The van der Waals surface area contributed by atoms with Gasteiger partial charge in [0.05, 0.1) is 10.4 Å². The predicted octanol–water partition coefficient (Wildman–Crippen LogP) is 4.22.